The van der Waals surface area contributed by atoms with Crippen molar-refractivity contribution >= 4 is 40.3 Å². The number of nitrogens with zero attached hydrogens (tertiary/aromatic N) is 8. The highest BCUT2D eigenvalue weighted by atomic mass is 19.1. The molecule has 10 rings (SSSR count). The van der Waals surface area contributed by atoms with Crippen LogP contribution in [0.25, 0.3) is 22.3 Å². The molecule has 2 aromatic carbocycles. The van der Waals surface area contributed by atoms with Crippen LogP contribution in [0, 0.1) is 17.7 Å². The fraction of sp³-hybridized carbons (Fsp3) is 0.432. The number of nitrogens with one attached hydrogen (secondary N) is 2. The number of hydrogen-bond donors (Lipinski definition) is 3. The normalized spacial score (nSPS) is 24.7. The van der Waals surface area contributed by atoms with Crippen molar-refractivity contribution < 1.29 is 28.2 Å². The van der Waals surface area contributed by atoms with E-state index in [1.807, 2.05) is 18.2 Å². The number of fused-ring (bicyclic) bond motifs is 2. The summed E-state index contributed by atoms with van der Waals surface area (Å²) in [4.78, 5) is 57.2. The van der Waals surface area contributed by atoms with Crippen molar-refractivity contribution in [3.05, 3.63) is 78.6 Å². The van der Waals surface area contributed by atoms with Crippen molar-refractivity contribution in [1.29, 1.82) is 0 Å². The number of aromatic nitrogens is 5. The smallest absolute Gasteiger partial charge is 0.270 e. The van der Waals surface area contributed by atoms with Gasteiger partial charge in [-0.05, 0) is 92.5 Å². The zero-order valence-corrected chi connectivity index (χ0v) is 33.9. The number of likely N-dealkylation sites (tertiary alicyclic amines) is 2. The minimum atomic E-state index is -0.730. The third-order valence-corrected chi connectivity index (χ3v) is 13.4. The van der Waals surface area contributed by atoms with Gasteiger partial charge >= 0.3 is 0 Å². The second-order valence-electron chi connectivity index (χ2n) is 17.0. The number of imide groups is 1. The number of methoxy groups -OCH3 is 1. The first-order valence-corrected chi connectivity index (χ1v) is 21.1. The van der Waals surface area contributed by atoms with Crippen LogP contribution in [0.2, 0.25) is 0 Å². The van der Waals surface area contributed by atoms with E-state index < -0.39 is 23.7 Å². The van der Waals surface area contributed by atoms with Gasteiger partial charge in [0.15, 0.2) is 17.1 Å². The first kappa shape index (κ1) is 39.0. The molecule has 3 amide bonds. The average molecular weight is 830 g/mol. The molecule has 5 aromatic rings. The van der Waals surface area contributed by atoms with Gasteiger partial charge in [0, 0.05) is 63.3 Å². The lowest BCUT2D eigenvalue weighted by Crippen LogP contribution is -2.59. The van der Waals surface area contributed by atoms with Gasteiger partial charge in [-0.1, -0.05) is 6.07 Å². The molecule has 4 saturated heterocycles. The highest BCUT2D eigenvalue weighted by molar-refractivity contribution is 6.03. The number of rotatable bonds is 10. The van der Waals surface area contributed by atoms with Crippen molar-refractivity contribution in [1.82, 2.24) is 45.2 Å². The summed E-state index contributed by atoms with van der Waals surface area (Å²) < 4.78 is 27.7. The Balaban J connectivity index is 0.711. The van der Waals surface area contributed by atoms with Crippen LogP contribution in [0.15, 0.2) is 67.1 Å². The van der Waals surface area contributed by atoms with E-state index >= 15 is 0 Å². The molecule has 16 nitrogen and oxygen atoms in total. The number of halogens is 1. The minimum Gasteiger partial charge on any atom is -0.494 e. The number of carbonyl (C=O) groups excluding carboxylic acids is 3. The highest BCUT2D eigenvalue weighted by Gasteiger charge is 2.46. The summed E-state index contributed by atoms with van der Waals surface area (Å²) in [5, 5.41) is 10.8. The molecule has 5 aliphatic rings. The van der Waals surface area contributed by atoms with E-state index in [-0.39, 0.29) is 42.0 Å². The van der Waals surface area contributed by atoms with E-state index in [2.05, 4.69) is 45.0 Å². The molecular formula is C44H48FN11O5. The molecule has 1 saturated carbocycles. The van der Waals surface area contributed by atoms with Gasteiger partial charge < -0.3 is 25.4 Å². The van der Waals surface area contributed by atoms with E-state index in [0.29, 0.717) is 41.2 Å². The SMILES string of the molecule is COc1cccc(Oc2ccc(-c3nn(C4CCC(N5CC6CN(C7CN(c8ccc(C(=O)NC9CCC(=O)NC9=O)nc8)C7)CC6C5)CC4)c4ncnc(N)c34)cc2)c1F. The molecule has 3 atom stereocenters. The van der Waals surface area contributed by atoms with Gasteiger partial charge in [0.2, 0.25) is 17.6 Å². The molecule has 1 aliphatic carbocycles. The molecule has 0 spiro atoms. The number of benzene rings is 2. The van der Waals surface area contributed by atoms with Crippen LogP contribution in [0.1, 0.15) is 55.1 Å². The summed E-state index contributed by atoms with van der Waals surface area (Å²) >= 11 is 0. The Morgan fingerprint density at radius 1 is 0.836 bits per heavy atom. The predicted molar refractivity (Wildman–Crippen MR) is 223 cm³/mol. The fourth-order valence-corrected chi connectivity index (χ4v) is 9.98. The summed E-state index contributed by atoms with van der Waals surface area (Å²) in [6.07, 6.45) is 7.91. The van der Waals surface area contributed by atoms with Crippen LogP contribution in [-0.4, -0.2) is 117 Å². The topological polar surface area (TPSA) is 186 Å². The Labute approximate surface area is 351 Å². The molecule has 4 aliphatic heterocycles. The molecular weight excluding hydrogens is 782 g/mol. The van der Waals surface area contributed by atoms with Gasteiger partial charge in [-0.15, -0.1) is 0 Å². The Bertz CT molecular complexity index is 2450. The van der Waals surface area contributed by atoms with Gasteiger partial charge in [0.1, 0.15) is 35.3 Å². The van der Waals surface area contributed by atoms with Crippen LogP contribution >= 0.6 is 0 Å². The van der Waals surface area contributed by atoms with E-state index in [1.54, 1.807) is 42.6 Å². The summed E-state index contributed by atoms with van der Waals surface area (Å²) in [5.41, 5.74) is 9.97. The number of nitrogen functional groups attached to an aromatic ring is 1. The maximum absolute atomic E-state index is 14.7. The van der Waals surface area contributed by atoms with E-state index in [0.717, 1.165) is 87.2 Å². The number of hydrogen-bond acceptors (Lipinski definition) is 13. The average Bonchev–Trinajstić information content (AvgIpc) is 3.96. The largest absolute Gasteiger partial charge is 0.494 e. The lowest BCUT2D eigenvalue weighted by molar-refractivity contribution is -0.134. The van der Waals surface area contributed by atoms with Crippen molar-refractivity contribution in [2.75, 3.05) is 57.0 Å². The molecule has 3 unspecified atom stereocenters. The maximum Gasteiger partial charge on any atom is 0.270 e. The molecule has 5 fully saturated rings. The second-order valence-corrected chi connectivity index (χ2v) is 17.0. The Kier molecular flexibility index (Phi) is 10.2. The third kappa shape index (κ3) is 7.49. The molecule has 4 N–H and O–H groups in total. The molecule has 0 bridgehead atoms. The van der Waals surface area contributed by atoms with Crippen molar-refractivity contribution in [3.63, 3.8) is 0 Å². The second kappa shape index (κ2) is 16.0. The first-order valence-electron chi connectivity index (χ1n) is 21.1. The standard InChI is InChI=1S/C44H48FN11O5/c1-60-35-3-2-4-36(39(35)45)61-32-12-5-25(6-13-32)40-38-41(46)48-24-49-42(38)56(52-40)29-9-7-28(8-10-29)53-18-26-20-54(21-27(26)19-53)31-22-55(23-31)30-11-14-33(47-17-30)43(58)50-34-15-16-37(57)51-44(34)59/h2-6,11-14,17,24,26-29,31,34H,7-10,15-16,18-23H2,1H3,(H,50,58)(H2,46,48,49)(H,51,57,59). The van der Waals surface area contributed by atoms with Crippen LogP contribution in [0.5, 0.6) is 17.2 Å². The number of piperidine rings is 1. The van der Waals surface area contributed by atoms with Crippen LogP contribution < -0.4 is 30.7 Å². The zero-order valence-electron chi connectivity index (χ0n) is 33.9. The number of pyridine rings is 1. The lowest BCUT2D eigenvalue weighted by Gasteiger charge is -2.46. The quantitative estimate of drug-likeness (QED) is 0.171. The minimum absolute atomic E-state index is 0.0795. The fourth-order valence-electron chi connectivity index (χ4n) is 9.98. The van der Waals surface area contributed by atoms with Gasteiger partial charge in [0.25, 0.3) is 5.91 Å². The number of carbonyl (C=O) groups is 3. The monoisotopic (exact) mass is 829 g/mol. The van der Waals surface area contributed by atoms with E-state index in [9.17, 15) is 18.8 Å². The van der Waals surface area contributed by atoms with Crippen LogP contribution in [0.4, 0.5) is 15.9 Å². The van der Waals surface area contributed by atoms with Crippen LogP contribution in [0.3, 0.4) is 0 Å². The lowest BCUT2D eigenvalue weighted by atomic mass is 9.90. The summed E-state index contributed by atoms with van der Waals surface area (Å²) in [6, 6.07) is 16.3. The Morgan fingerprint density at radius 3 is 2.23 bits per heavy atom. The molecule has 61 heavy (non-hydrogen) atoms. The molecule has 7 heterocycles. The number of nitrogens with two attached hydrogens (primary N) is 1. The zero-order chi connectivity index (χ0) is 41.8. The molecule has 17 heteroatoms. The van der Waals surface area contributed by atoms with Crippen molar-refractivity contribution in [2.24, 2.45) is 11.8 Å². The van der Waals surface area contributed by atoms with Gasteiger partial charge in [0.05, 0.1) is 30.4 Å². The number of anilines is 2. The van der Waals surface area contributed by atoms with E-state index in [4.69, 9.17) is 20.3 Å². The number of ether oxygens (including phenoxy) is 2. The third-order valence-electron chi connectivity index (χ3n) is 13.4. The summed E-state index contributed by atoms with van der Waals surface area (Å²) in [5.74, 6) is 0.636. The van der Waals surface area contributed by atoms with Crippen molar-refractivity contribution in [3.8, 4) is 28.5 Å². The summed E-state index contributed by atoms with van der Waals surface area (Å²) in [7, 11) is 1.42. The Hall–Kier alpha value is -6.20. The molecule has 3 aromatic heterocycles. The summed E-state index contributed by atoms with van der Waals surface area (Å²) in [6.45, 7) is 6.40. The maximum atomic E-state index is 14.7. The van der Waals surface area contributed by atoms with Crippen molar-refractivity contribution in [2.45, 2.75) is 62.7 Å². The van der Waals surface area contributed by atoms with Crippen LogP contribution in [-0.2, 0) is 9.59 Å². The molecule has 0 radical (unpaired) electrons. The van der Waals surface area contributed by atoms with E-state index in [1.165, 1.54) is 13.4 Å². The van der Waals surface area contributed by atoms with Gasteiger partial charge in [-0.25, -0.2) is 19.6 Å². The predicted octanol–water partition coefficient (Wildman–Crippen LogP) is 4.18. The molecule has 316 valence electrons. The Morgan fingerprint density at radius 2 is 1.54 bits per heavy atom. The highest BCUT2D eigenvalue weighted by Crippen LogP contribution is 2.41. The number of amides is 3. The first-order chi connectivity index (χ1) is 29.7. The van der Waals surface area contributed by atoms with Gasteiger partial charge in [-0.3, -0.25) is 29.5 Å². The van der Waals surface area contributed by atoms with Gasteiger partial charge in [-0.2, -0.15) is 9.49 Å².